The number of anilines is 3. The molecule has 0 saturated heterocycles. The van der Waals surface area contributed by atoms with Crippen LogP contribution in [-0.4, -0.2) is 18.4 Å². The molecule has 0 spiro atoms. The fourth-order valence-electron chi connectivity index (χ4n) is 1.89. The van der Waals surface area contributed by atoms with E-state index in [4.69, 9.17) is 0 Å². The van der Waals surface area contributed by atoms with Crippen LogP contribution in [0.15, 0.2) is 42.5 Å². The lowest BCUT2D eigenvalue weighted by atomic mass is 10.2. The minimum Gasteiger partial charge on any atom is -0.376 e. The van der Waals surface area contributed by atoms with Crippen LogP contribution in [0, 0.1) is 11.6 Å². The zero-order chi connectivity index (χ0) is 16.8. The number of carbonyl (C=O) groups excluding carboxylic acids is 2. The average molecular weight is 319 g/mol. The van der Waals surface area contributed by atoms with E-state index in [0.717, 1.165) is 12.1 Å². The van der Waals surface area contributed by atoms with Gasteiger partial charge in [0.15, 0.2) is 0 Å². The molecule has 0 radical (unpaired) electrons. The minimum absolute atomic E-state index is 0.183. The highest BCUT2D eigenvalue weighted by molar-refractivity contribution is 5.94. The molecule has 5 nitrogen and oxygen atoms in total. The molecule has 2 aromatic carbocycles. The number of halogens is 2. The van der Waals surface area contributed by atoms with Gasteiger partial charge < -0.3 is 16.0 Å². The monoisotopic (exact) mass is 319 g/mol. The van der Waals surface area contributed by atoms with E-state index >= 15 is 0 Å². The van der Waals surface area contributed by atoms with Crippen molar-refractivity contribution in [3.63, 3.8) is 0 Å². The SMILES string of the molecule is CC(=O)Nc1cccc(NCC(=O)Nc2c(F)cccc2F)c1. The maximum atomic E-state index is 13.4. The van der Waals surface area contributed by atoms with Crippen LogP contribution in [0.4, 0.5) is 25.8 Å². The summed E-state index contributed by atoms with van der Waals surface area (Å²) in [6.07, 6.45) is 0. The van der Waals surface area contributed by atoms with Crippen molar-refractivity contribution in [1.29, 1.82) is 0 Å². The summed E-state index contributed by atoms with van der Waals surface area (Å²) in [5.41, 5.74) is 0.676. The van der Waals surface area contributed by atoms with Gasteiger partial charge in [0.05, 0.1) is 6.54 Å². The lowest BCUT2D eigenvalue weighted by Gasteiger charge is -2.10. The zero-order valence-electron chi connectivity index (χ0n) is 12.3. The van der Waals surface area contributed by atoms with Gasteiger partial charge in [-0.15, -0.1) is 0 Å². The summed E-state index contributed by atoms with van der Waals surface area (Å²) in [4.78, 5) is 22.8. The molecule has 0 bridgehead atoms. The summed E-state index contributed by atoms with van der Waals surface area (Å²) in [6.45, 7) is 1.20. The second-order valence-corrected chi connectivity index (χ2v) is 4.76. The van der Waals surface area contributed by atoms with Gasteiger partial charge in [-0.1, -0.05) is 12.1 Å². The molecule has 3 N–H and O–H groups in total. The van der Waals surface area contributed by atoms with E-state index in [1.165, 1.54) is 13.0 Å². The Bertz CT molecular complexity index is 715. The Kier molecular flexibility index (Phi) is 5.24. The minimum atomic E-state index is -0.842. The molecule has 0 aliphatic heterocycles. The highest BCUT2D eigenvalue weighted by Gasteiger charge is 2.11. The van der Waals surface area contributed by atoms with E-state index in [1.807, 2.05) is 0 Å². The second kappa shape index (κ2) is 7.35. The first-order chi connectivity index (χ1) is 11.0. The van der Waals surface area contributed by atoms with Crippen molar-refractivity contribution >= 4 is 28.9 Å². The van der Waals surface area contributed by atoms with Crippen LogP contribution < -0.4 is 16.0 Å². The molecule has 120 valence electrons. The van der Waals surface area contributed by atoms with Gasteiger partial charge in [-0.3, -0.25) is 9.59 Å². The summed E-state index contributed by atoms with van der Waals surface area (Å²) in [7, 11) is 0. The van der Waals surface area contributed by atoms with Gasteiger partial charge >= 0.3 is 0 Å². The van der Waals surface area contributed by atoms with Crippen LogP contribution in [0.2, 0.25) is 0 Å². The number of para-hydroxylation sites is 1. The summed E-state index contributed by atoms with van der Waals surface area (Å²) >= 11 is 0. The standard InChI is InChI=1S/C16H15F2N3O2/c1-10(22)20-12-5-2-4-11(8-12)19-9-15(23)21-16-13(17)6-3-7-14(16)18/h2-8,19H,9H2,1H3,(H,20,22)(H,21,23). The number of hydrogen-bond donors (Lipinski definition) is 3. The number of carbonyl (C=O) groups is 2. The number of rotatable bonds is 5. The number of hydrogen-bond acceptors (Lipinski definition) is 3. The summed E-state index contributed by atoms with van der Waals surface area (Å²) in [5.74, 6) is -2.49. The highest BCUT2D eigenvalue weighted by Crippen LogP contribution is 2.18. The summed E-state index contributed by atoms with van der Waals surface area (Å²) in [5, 5.41) is 7.59. The van der Waals surface area contributed by atoms with E-state index in [9.17, 15) is 18.4 Å². The van der Waals surface area contributed by atoms with Gasteiger partial charge in [-0.05, 0) is 30.3 Å². The van der Waals surface area contributed by atoms with Crippen molar-refractivity contribution in [1.82, 2.24) is 0 Å². The average Bonchev–Trinajstić information content (AvgIpc) is 2.49. The lowest BCUT2D eigenvalue weighted by molar-refractivity contribution is -0.115. The van der Waals surface area contributed by atoms with Gasteiger partial charge in [0, 0.05) is 18.3 Å². The lowest BCUT2D eigenvalue weighted by Crippen LogP contribution is -2.23. The molecule has 7 heteroatoms. The fraction of sp³-hybridized carbons (Fsp3) is 0.125. The van der Waals surface area contributed by atoms with Gasteiger partial charge in [0.2, 0.25) is 11.8 Å². The molecule has 0 unspecified atom stereocenters. The van der Waals surface area contributed by atoms with E-state index in [-0.39, 0.29) is 12.5 Å². The summed E-state index contributed by atoms with van der Waals surface area (Å²) < 4.78 is 26.9. The van der Waals surface area contributed by atoms with Gasteiger partial charge in [0.1, 0.15) is 17.3 Å². The third kappa shape index (κ3) is 4.77. The Morgan fingerprint density at radius 3 is 2.22 bits per heavy atom. The predicted octanol–water partition coefficient (Wildman–Crippen LogP) is 2.97. The van der Waals surface area contributed by atoms with Crippen LogP contribution >= 0.6 is 0 Å². The molecule has 2 rings (SSSR count). The molecule has 2 aromatic rings. The highest BCUT2D eigenvalue weighted by atomic mass is 19.1. The molecule has 23 heavy (non-hydrogen) atoms. The van der Waals surface area contributed by atoms with Gasteiger partial charge in [-0.25, -0.2) is 8.78 Å². The van der Waals surface area contributed by atoms with Crippen LogP contribution in [0.25, 0.3) is 0 Å². The molecular weight excluding hydrogens is 304 g/mol. The quantitative estimate of drug-likeness (QED) is 0.793. The maximum Gasteiger partial charge on any atom is 0.243 e. The number of amides is 2. The Morgan fingerprint density at radius 1 is 0.957 bits per heavy atom. The van der Waals surface area contributed by atoms with Crippen molar-refractivity contribution in [3.8, 4) is 0 Å². The largest absolute Gasteiger partial charge is 0.376 e. The van der Waals surface area contributed by atoms with Crippen LogP contribution in [0.5, 0.6) is 0 Å². The summed E-state index contributed by atoms with van der Waals surface area (Å²) in [6, 6.07) is 10.1. The maximum absolute atomic E-state index is 13.4. The third-order valence-electron chi connectivity index (χ3n) is 2.86. The Balaban J connectivity index is 1.95. The Labute approximate surface area is 131 Å². The fourth-order valence-corrected chi connectivity index (χ4v) is 1.89. The van der Waals surface area contributed by atoms with Crippen molar-refractivity contribution < 1.29 is 18.4 Å². The topological polar surface area (TPSA) is 70.2 Å². The molecule has 0 atom stereocenters. The molecular formula is C16H15F2N3O2. The van der Waals surface area contributed by atoms with E-state index in [0.29, 0.717) is 11.4 Å². The van der Waals surface area contributed by atoms with Gasteiger partial charge in [0.25, 0.3) is 0 Å². The van der Waals surface area contributed by atoms with Crippen molar-refractivity contribution in [2.75, 3.05) is 22.5 Å². The van der Waals surface area contributed by atoms with Gasteiger partial charge in [-0.2, -0.15) is 0 Å². The molecule has 0 aromatic heterocycles. The zero-order valence-corrected chi connectivity index (χ0v) is 12.3. The molecule has 0 fully saturated rings. The van der Waals surface area contributed by atoms with Crippen molar-refractivity contribution in [2.45, 2.75) is 6.92 Å². The number of benzene rings is 2. The normalized spacial score (nSPS) is 10.0. The van der Waals surface area contributed by atoms with E-state index in [1.54, 1.807) is 24.3 Å². The van der Waals surface area contributed by atoms with E-state index < -0.39 is 23.2 Å². The molecule has 0 heterocycles. The van der Waals surface area contributed by atoms with Crippen LogP contribution in [0.3, 0.4) is 0 Å². The first-order valence-corrected chi connectivity index (χ1v) is 6.81. The first-order valence-electron chi connectivity index (χ1n) is 6.81. The predicted molar refractivity (Wildman–Crippen MR) is 84.2 cm³/mol. The molecule has 0 saturated carbocycles. The van der Waals surface area contributed by atoms with Crippen molar-refractivity contribution in [2.24, 2.45) is 0 Å². The molecule has 2 amide bonds. The smallest absolute Gasteiger partial charge is 0.243 e. The number of nitrogens with one attached hydrogen (secondary N) is 3. The van der Waals surface area contributed by atoms with Crippen molar-refractivity contribution in [3.05, 3.63) is 54.1 Å². The van der Waals surface area contributed by atoms with Crippen LogP contribution in [0.1, 0.15) is 6.92 Å². The van der Waals surface area contributed by atoms with Crippen LogP contribution in [-0.2, 0) is 9.59 Å². The first kappa shape index (κ1) is 16.4. The Hall–Kier alpha value is -2.96. The Morgan fingerprint density at radius 2 is 1.57 bits per heavy atom. The third-order valence-corrected chi connectivity index (χ3v) is 2.86. The second-order valence-electron chi connectivity index (χ2n) is 4.76. The molecule has 0 aliphatic rings. The molecule has 0 aliphatic carbocycles. The van der Waals surface area contributed by atoms with E-state index in [2.05, 4.69) is 16.0 Å².